The molecule has 110 valence electrons. The average molecular weight is 274 g/mol. The summed E-state index contributed by atoms with van der Waals surface area (Å²) in [6, 6.07) is 4.14. The Morgan fingerprint density at radius 3 is 2.25 bits per heavy atom. The molecular formula is C18H26O2. The molecule has 0 bridgehead atoms. The van der Waals surface area contributed by atoms with E-state index in [2.05, 4.69) is 19.9 Å². The van der Waals surface area contributed by atoms with Crippen LogP contribution in [0.15, 0.2) is 12.1 Å². The van der Waals surface area contributed by atoms with Gasteiger partial charge in [-0.1, -0.05) is 25.3 Å². The summed E-state index contributed by atoms with van der Waals surface area (Å²) in [6.07, 6.45) is 5.72. The van der Waals surface area contributed by atoms with Crippen LogP contribution in [0.3, 0.4) is 0 Å². The summed E-state index contributed by atoms with van der Waals surface area (Å²) < 4.78 is 5.58. The van der Waals surface area contributed by atoms with Gasteiger partial charge in [0.25, 0.3) is 0 Å². The summed E-state index contributed by atoms with van der Waals surface area (Å²) in [6.45, 7) is 6.17. The van der Waals surface area contributed by atoms with E-state index < -0.39 is 0 Å². The zero-order chi connectivity index (χ0) is 14.7. The molecule has 0 saturated heterocycles. The molecule has 1 aliphatic carbocycles. The van der Waals surface area contributed by atoms with Crippen molar-refractivity contribution >= 4 is 5.78 Å². The van der Waals surface area contributed by atoms with Crippen molar-refractivity contribution in [3.63, 3.8) is 0 Å². The molecular weight excluding hydrogens is 248 g/mol. The molecule has 1 saturated carbocycles. The number of hydrogen-bond acceptors (Lipinski definition) is 2. The fourth-order valence-electron chi connectivity index (χ4n) is 3.33. The molecule has 1 aromatic rings. The largest absolute Gasteiger partial charge is 0.373 e. The van der Waals surface area contributed by atoms with Crippen molar-refractivity contribution < 1.29 is 9.53 Å². The van der Waals surface area contributed by atoms with Gasteiger partial charge in [-0.25, -0.2) is 0 Å². The first kappa shape index (κ1) is 15.2. The van der Waals surface area contributed by atoms with E-state index in [0.29, 0.717) is 5.92 Å². The SMILES string of the molecule is COC(C(=O)c1cc(C)c(C)cc1C)C1CCCCC1. The molecule has 2 nitrogen and oxygen atoms in total. The monoisotopic (exact) mass is 274 g/mol. The van der Waals surface area contributed by atoms with Gasteiger partial charge in [0.2, 0.25) is 0 Å². The minimum atomic E-state index is -0.267. The Bertz CT molecular complexity index is 484. The Hall–Kier alpha value is -1.15. The average Bonchev–Trinajstić information content (AvgIpc) is 2.44. The maximum absolute atomic E-state index is 12.8. The van der Waals surface area contributed by atoms with Crippen LogP contribution >= 0.6 is 0 Å². The summed E-state index contributed by atoms with van der Waals surface area (Å²) in [5, 5.41) is 0. The van der Waals surface area contributed by atoms with Crippen LogP contribution < -0.4 is 0 Å². The minimum absolute atomic E-state index is 0.167. The quantitative estimate of drug-likeness (QED) is 0.761. The summed E-state index contributed by atoms with van der Waals surface area (Å²) >= 11 is 0. The summed E-state index contributed by atoms with van der Waals surface area (Å²) in [4.78, 5) is 12.8. The maximum atomic E-state index is 12.8. The number of hydrogen-bond donors (Lipinski definition) is 0. The number of Topliss-reactive ketones (excluding diaryl/α,β-unsaturated/α-hetero) is 1. The normalized spacial score (nSPS) is 18.0. The first-order chi connectivity index (χ1) is 9.54. The number of carbonyl (C=O) groups is 1. The molecule has 0 amide bonds. The molecule has 1 unspecified atom stereocenters. The number of benzene rings is 1. The van der Waals surface area contributed by atoms with E-state index >= 15 is 0 Å². The van der Waals surface area contributed by atoms with Gasteiger partial charge >= 0.3 is 0 Å². The van der Waals surface area contributed by atoms with Crippen LogP contribution in [0.5, 0.6) is 0 Å². The van der Waals surface area contributed by atoms with Gasteiger partial charge in [0.1, 0.15) is 6.10 Å². The van der Waals surface area contributed by atoms with Crippen LogP contribution in [-0.2, 0) is 4.74 Å². The van der Waals surface area contributed by atoms with Gasteiger partial charge in [0.05, 0.1) is 0 Å². The summed E-state index contributed by atoms with van der Waals surface area (Å²) in [5.41, 5.74) is 4.32. The van der Waals surface area contributed by atoms with Crippen molar-refractivity contribution in [3.05, 3.63) is 34.4 Å². The molecule has 2 heteroatoms. The lowest BCUT2D eigenvalue weighted by molar-refractivity contribution is 0.0313. The van der Waals surface area contributed by atoms with Gasteiger partial charge in [-0.05, 0) is 62.3 Å². The summed E-state index contributed by atoms with van der Waals surface area (Å²) in [5.74, 6) is 0.558. The molecule has 20 heavy (non-hydrogen) atoms. The Morgan fingerprint density at radius 1 is 1.05 bits per heavy atom. The number of aryl methyl sites for hydroxylation is 3. The highest BCUT2D eigenvalue weighted by molar-refractivity contribution is 6.01. The number of rotatable bonds is 4. The van der Waals surface area contributed by atoms with E-state index in [9.17, 15) is 4.79 Å². The second-order valence-corrected chi connectivity index (χ2v) is 6.17. The van der Waals surface area contributed by atoms with Crippen molar-refractivity contribution in [1.82, 2.24) is 0 Å². The second kappa shape index (κ2) is 6.53. The number of carbonyl (C=O) groups excluding carboxylic acids is 1. The van der Waals surface area contributed by atoms with E-state index in [1.807, 2.05) is 13.0 Å². The van der Waals surface area contributed by atoms with Crippen molar-refractivity contribution in [3.8, 4) is 0 Å². The third-order valence-corrected chi connectivity index (χ3v) is 4.70. The highest BCUT2D eigenvalue weighted by atomic mass is 16.5. The lowest BCUT2D eigenvalue weighted by atomic mass is 9.81. The van der Waals surface area contributed by atoms with Crippen LogP contribution in [0, 0.1) is 26.7 Å². The van der Waals surface area contributed by atoms with E-state index in [4.69, 9.17) is 4.74 Å². The van der Waals surface area contributed by atoms with Gasteiger partial charge in [0, 0.05) is 12.7 Å². The first-order valence-electron chi connectivity index (χ1n) is 7.69. The molecule has 0 radical (unpaired) electrons. The fourth-order valence-corrected chi connectivity index (χ4v) is 3.33. The predicted octanol–water partition coefficient (Wildman–Crippen LogP) is 4.39. The van der Waals surface area contributed by atoms with E-state index in [1.54, 1.807) is 7.11 Å². The standard InChI is InChI=1S/C18H26O2/c1-12-10-14(3)16(11-13(12)2)17(19)18(20-4)15-8-6-5-7-9-15/h10-11,15,18H,5-9H2,1-4H3. The van der Waals surface area contributed by atoms with Gasteiger partial charge < -0.3 is 4.74 Å². The zero-order valence-corrected chi connectivity index (χ0v) is 13.2. The Kier molecular flexibility index (Phi) is 4.98. The second-order valence-electron chi connectivity index (χ2n) is 6.17. The number of methoxy groups -OCH3 is 1. The highest BCUT2D eigenvalue weighted by Gasteiger charge is 2.30. The minimum Gasteiger partial charge on any atom is -0.373 e. The Labute approximate surface area is 122 Å². The first-order valence-corrected chi connectivity index (χ1v) is 7.69. The lowest BCUT2D eigenvalue weighted by Crippen LogP contribution is -2.33. The highest BCUT2D eigenvalue weighted by Crippen LogP contribution is 2.30. The van der Waals surface area contributed by atoms with Gasteiger partial charge in [0.15, 0.2) is 5.78 Å². The van der Waals surface area contributed by atoms with Crippen LogP contribution in [0.4, 0.5) is 0 Å². The van der Waals surface area contributed by atoms with Crippen molar-refractivity contribution in [2.45, 2.75) is 59.0 Å². The van der Waals surface area contributed by atoms with E-state index in [0.717, 1.165) is 24.0 Å². The van der Waals surface area contributed by atoms with Crippen molar-refractivity contribution in [2.75, 3.05) is 7.11 Å². The van der Waals surface area contributed by atoms with Crippen molar-refractivity contribution in [1.29, 1.82) is 0 Å². The molecule has 0 aromatic heterocycles. The smallest absolute Gasteiger partial charge is 0.192 e. The molecule has 1 atom stereocenters. The third kappa shape index (κ3) is 3.12. The Morgan fingerprint density at radius 2 is 1.65 bits per heavy atom. The molecule has 0 aliphatic heterocycles. The number of ether oxygens (including phenoxy) is 1. The molecule has 0 heterocycles. The molecule has 1 aliphatic rings. The van der Waals surface area contributed by atoms with Gasteiger partial charge in [-0.3, -0.25) is 4.79 Å². The van der Waals surface area contributed by atoms with Crippen LogP contribution in [0.2, 0.25) is 0 Å². The third-order valence-electron chi connectivity index (χ3n) is 4.70. The molecule has 2 rings (SSSR count). The zero-order valence-electron chi connectivity index (χ0n) is 13.2. The predicted molar refractivity (Wildman–Crippen MR) is 82.4 cm³/mol. The number of ketones is 1. The lowest BCUT2D eigenvalue weighted by Gasteiger charge is -2.28. The maximum Gasteiger partial charge on any atom is 0.192 e. The van der Waals surface area contributed by atoms with E-state index in [-0.39, 0.29) is 11.9 Å². The summed E-state index contributed by atoms with van der Waals surface area (Å²) in [7, 11) is 1.67. The van der Waals surface area contributed by atoms with Gasteiger partial charge in [-0.2, -0.15) is 0 Å². The molecule has 0 N–H and O–H groups in total. The van der Waals surface area contributed by atoms with Crippen LogP contribution in [0.25, 0.3) is 0 Å². The fraction of sp³-hybridized carbons (Fsp3) is 0.611. The molecule has 1 aromatic carbocycles. The molecule has 0 spiro atoms. The van der Waals surface area contributed by atoms with E-state index in [1.165, 1.54) is 30.4 Å². The molecule has 1 fully saturated rings. The van der Waals surface area contributed by atoms with Crippen LogP contribution in [0.1, 0.15) is 59.2 Å². The van der Waals surface area contributed by atoms with Crippen molar-refractivity contribution in [2.24, 2.45) is 5.92 Å². The van der Waals surface area contributed by atoms with Gasteiger partial charge in [-0.15, -0.1) is 0 Å². The Balaban J connectivity index is 2.26. The van der Waals surface area contributed by atoms with Crippen LogP contribution in [-0.4, -0.2) is 19.0 Å². The topological polar surface area (TPSA) is 26.3 Å².